The molecule has 0 saturated carbocycles. The van der Waals surface area contributed by atoms with E-state index in [1.807, 2.05) is 62.1 Å². The fraction of sp³-hybridized carbons (Fsp3) is 0.410. The van der Waals surface area contributed by atoms with Crippen molar-refractivity contribution in [2.45, 2.75) is 91.8 Å². The average molecular weight is 644 g/mol. The molecule has 0 radical (unpaired) electrons. The molecule has 5 heterocycles. The molecular weight excluding hydrogens is 598 g/mol. The number of carbonyl (C=O) groups is 1. The second-order valence-electron chi connectivity index (χ2n) is 14.6. The van der Waals surface area contributed by atoms with E-state index in [4.69, 9.17) is 24.7 Å². The highest BCUT2D eigenvalue weighted by molar-refractivity contribution is 5.86. The van der Waals surface area contributed by atoms with Crippen molar-refractivity contribution in [2.75, 3.05) is 0 Å². The van der Waals surface area contributed by atoms with Crippen molar-refractivity contribution >= 4 is 39.2 Å². The number of aryl methyl sites for hydroxylation is 1. The van der Waals surface area contributed by atoms with Gasteiger partial charge in [-0.15, -0.1) is 0 Å². The number of likely N-dealkylation sites (tertiary alicyclic amines) is 1. The molecule has 2 aromatic carbocycles. The molecule has 48 heavy (non-hydrogen) atoms. The number of ether oxygens (including phenoxy) is 1. The smallest absolute Gasteiger partial charge is 0.411 e. The molecule has 9 nitrogen and oxygen atoms in total. The summed E-state index contributed by atoms with van der Waals surface area (Å²) < 4.78 is 5.77. The van der Waals surface area contributed by atoms with Crippen molar-refractivity contribution in [3.63, 3.8) is 0 Å². The van der Waals surface area contributed by atoms with E-state index >= 15 is 0 Å². The molecular formula is C39H45N7O2. The molecule has 1 amide bonds. The van der Waals surface area contributed by atoms with E-state index < -0.39 is 5.60 Å². The van der Waals surface area contributed by atoms with Crippen LogP contribution in [0.5, 0.6) is 0 Å². The molecule has 9 heteroatoms. The zero-order valence-electron chi connectivity index (χ0n) is 29.0. The summed E-state index contributed by atoms with van der Waals surface area (Å²) in [5.41, 5.74) is 8.68. The molecule has 1 unspecified atom stereocenters. The first kappa shape index (κ1) is 31.8. The van der Waals surface area contributed by atoms with E-state index in [9.17, 15) is 4.79 Å². The molecule has 1 fully saturated rings. The molecule has 1 aliphatic rings. The number of pyridine rings is 2. The lowest BCUT2D eigenvalue weighted by molar-refractivity contribution is 0.0140. The Hall–Kier alpha value is -4.79. The lowest BCUT2D eigenvalue weighted by Crippen LogP contribution is -2.41. The van der Waals surface area contributed by atoms with Crippen molar-refractivity contribution < 1.29 is 9.53 Å². The van der Waals surface area contributed by atoms with Gasteiger partial charge in [-0.2, -0.15) is 0 Å². The molecule has 248 valence electrons. The van der Waals surface area contributed by atoms with E-state index in [0.29, 0.717) is 11.8 Å². The average Bonchev–Trinajstić information content (AvgIpc) is 3.76. The third kappa shape index (κ3) is 6.25. The number of imidazole rings is 2. The van der Waals surface area contributed by atoms with Gasteiger partial charge in [0.25, 0.3) is 0 Å². The SMILES string of the molecule is CC[C@H](C)CCc1nc2ccc(-c3ccc4nc(-c5ccc6nc(C7C[C@@H](C)[C@@H](C)N7C(=O)OC(C)(C)C)[nH]c6c5)ccc4n3)cc2[nH]1. The molecule has 4 atom stereocenters. The van der Waals surface area contributed by atoms with E-state index in [0.717, 1.165) is 86.5 Å². The lowest BCUT2D eigenvalue weighted by Gasteiger charge is -2.31. The quantitative estimate of drug-likeness (QED) is 0.179. The van der Waals surface area contributed by atoms with Crippen molar-refractivity contribution in [3.05, 3.63) is 72.3 Å². The van der Waals surface area contributed by atoms with E-state index in [-0.39, 0.29) is 18.2 Å². The first-order chi connectivity index (χ1) is 23.0. The number of hydrogen-bond donors (Lipinski definition) is 2. The highest BCUT2D eigenvalue weighted by Gasteiger charge is 2.43. The summed E-state index contributed by atoms with van der Waals surface area (Å²) in [5, 5.41) is 0. The number of aromatic amines is 2. The van der Waals surface area contributed by atoms with Crippen LogP contribution in [0.15, 0.2) is 60.7 Å². The van der Waals surface area contributed by atoms with Gasteiger partial charge in [0.15, 0.2) is 0 Å². The number of hydrogen-bond acceptors (Lipinski definition) is 6. The molecule has 0 bridgehead atoms. The molecule has 4 aromatic heterocycles. The number of nitrogens with zero attached hydrogens (tertiary/aromatic N) is 5. The highest BCUT2D eigenvalue weighted by Crippen LogP contribution is 2.40. The molecule has 1 saturated heterocycles. The zero-order chi connectivity index (χ0) is 33.7. The number of carbonyl (C=O) groups excluding carboxylic acids is 1. The van der Waals surface area contributed by atoms with Crippen LogP contribution in [-0.2, 0) is 11.2 Å². The maximum absolute atomic E-state index is 13.2. The van der Waals surface area contributed by atoms with Crippen LogP contribution >= 0.6 is 0 Å². The fourth-order valence-electron chi connectivity index (χ4n) is 6.68. The Kier molecular flexibility index (Phi) is 8.17. The second kappa shape index (κ2) is 12.3. The summed E-state index contributed by atoms with van der Waals surface area (Å²) in [7, 11) is 0. The number of H-pyrrole nitrogens is 2. The first-order valence-electron chi connectivity index (χ1n) is 17.2. The van der Waals surface area contributed by atoms with Crippen LogP contribution < -0.4 is 0 Å². The van der Waals surface area contributed by atoms with Crippen molar-refractivity contribution in [1.82, 2.24) is 34.8 Å². The number of fused-ring (bicyclic) bond motifs is 3. The summed E-state index contributed by atoms with van der Waals surface area (Å²) in [6, 6.07) is 20.4. The van der Waals surface area contributed by atoms with Gasteiger partial charge < -0.3 is 14.7 Å². The predicted molar refractivity (Wildman–Crippen MR) is 192 cm³/mol. The van der Waals surface area contributed by atoms with Crippen LogP contribution in [0, 0.1) is 11.8 Å². The Labute approximate surface area is 281 Å². The molecule has 7 rings (SSSR count). The minimum absolute atomic E-state index is 0.0510. The van der Waals surface area contributed by atoms with Crippen LogP contribution in [0.4, 0.5) is 4.79 Å². The number of rotatable bonds is 7. The monoisotopic (exact) mass is 643 g/mol. The summed E-state index contributed by atoms with van der Waals surface area (Å²) >= 11 is 0. The van der Waals surface area contributed by atoms with Crippen LogP contribution in [0.1, 0.15) is 85.4 Å². The topological polar surface area (TPSA) is 113 Å². The normalized spacial score (nSPS) is 19.1. The molecule has 6 aromatic rings. The second-order valence-corrected chi connectivity index (χ2v) is 14.6. The first-order valence-corrected chi connectivity index (χ1v) is 17.2. The zero-order valence-corrected chi connectivity index (χ0v) is 29.0. The van der Waals surface area contributed by atoms with Crippen LogP contribution in [-0.4, -0.2) is 52.5 Å². The maximum atomic E-state index is 13.2. The summed E-state index contributed by atoms with van der Waals surface area (Å²) in [6.45, 7) is 14.5. The maximum Gasteiger partial charge on any atom is 0.411 e. The van der Waals surface area contributed by atoms with E-state index in [1.165, 1.54) is 6.42 Å². The number of nitrogens with one attached hydrogen (secondary N) is 2. The predicted octanol–water partition coefficient (Wildman–Crippen LogP) is 9.40. The van der Waals surface area contributed by atoms with Crippen molar-refractivity contribution in [1.29, 1.82) is 0 Å². The Morgan fingerprint density at radius 1 is 0.854 bits per heavy atom. The summed E-state index contributed by atoms with van der Waals surface area (Å²) in [6.07, 6.45) is 3.80. The van der Waals surface area contributed by atoms with Crippen molar-refractivity contribution in [3.8, 4) is 22.5 Å². The third-order valence-corrected chi connectivity index (χ3v) is 9.85. The lowest BCUT2D eigenvalue weighted by atomic mass is 10.0. The van der Waals surface area contributed by atoms with Crippen molar-refractivity contribution in [2.24, 2.45) is 11.8 Å². The molecule has 1 aliphatic heterocycles. The van der Waals surface area contributed by atoms with Gasteiger partial charge in [-0.1, -0.05) is 39.3 Å². The van der Waals surface area contributed by atoms with Gasteiger partial charge in [-0.25, -0.2) is 24.7 Å². The Morgan fingerprint density at radius 2 is 1.44 bits per heavy atom. The Balaban J connectivity index is 1.12. The summed E-state index contributed by atoms with van der Waals surface area (Å²) in [5.74, 6) is 2.84. The van der Waals surface area contributed by atoms with E-state index in [2.05, 4.69) is 61.9 Å². The Bertz CT molecular complexity index is 2120. The van der Waals surface area contributed by atoms with Gasteiger partial charge in [0.2, 0.25) is 0 Å². The molecule has 0 spiro atoms. The van der Waals surface area contributed by atoms with Gasteiger partial charge >= 0.3 is 6.09 Å². The standard InChI is InChI=1S/C39H45N7O2/c1-8-22(2)9-18-36-42-31-12-10-25(20-33(31)43-36)27-14-16-30-29(40-27)17-15-28(41-30)26-11-13-32-34(21-26)45-37(44-32)35-19-23(3)24(4)46(35)38(47)48-39(5,6)7/h10-17,20-24,35H,8-9,18-19H2,1-7H3,(H,42,43)(H,44,45)/t22-,23+,24+,35?/m0/s1. The van der Waals surface area contributed by atoms with E-state index in [1.54, 1.807) is 0 Å². The van der Waals surface area contributed by atoms with Gasteiger partial charge in [0, 0.05) is 23.6 Å². The fourth-order valence-corrected chi connectivity index (χ4v) is 6.68. The van der Waals surface area contributed by atoms with Gasteiger partial charge in [-0.05, 0) is 101 Å². The highest BCUT2D eigenvalue weighted by atomic mass is 16.6. The van der Waals surface area contributed by atoms with Crippen LogP contribution in [0.25, 0.3) is 55.6 Å². The third-order valence-electron chi connectivity index (χ3n) is 9.85. The molecule has 0 aliphatic carbocycles. The van der Waals surface area contributed by atoms with Crippen LogP contribution in [0.2, 0.25) is 0 Å². The largest absolute Gasteiger partial charge is 0.444 e. The number of benzene rings is 2. The minimum atomic E-state index is -0.564. The van der Waals surface area contributed by atoms with Gasteiger partial charge in [0.1, 0.15) is 17.2 Å². The minimum Gasteiger partial charge on any atom is -0.444 e. The van der Waals surface area contributed by atoms with Gasteiger partial charge in [0.05, 0.1) is 50.5 Å². The summed E-state index contributed by atoms with van der Waals surface area (Å²) in [4.78, 5) is 41.7. The van der Waals surface area contributed by atoms with Gasteiger partial charge in [-0.3, -0.25) is 4.90 Å². The number of amides is 1. The number of aromatic nitrogens is 6. The Morgan fingerprint density at radius 3 is 2.04 bits per heavy atom. The molecule has 2 N–H and O–H groups in total. The van der Waals surface area contributed by atoms with Crippen LogP contribution in [0.3, 0.4) is 0 Å².